The van der Waals surface area contributed by atoms with Gasteiger partial charge in [-0.25, -0.2) is 8.42 Å². The Balaban J connectivity index is 2.38. The van der Waals surface area contributed by atoms with Gasteiger partial charge in [-0.05, 0) is 37.5 Å². The van der Waals surface area contributed by atoms with E-state index in [4.69, 9.17) is 4.74 Å². The number of piperidine rings is 1. The van der Waals surface area contributed by atoms with Crippen molar-refractivity contribution in [1.29, 1.82) is 0 Å². The van der Waals surface area contributed by atoms with Gasteiger partial charge in [-0.2, -0.15) is 4.31 Å². The van der Waals surface area contributed by atoms with Crippen molar-refractivity contribution in [2.45, 2.75) is 50.2 Å². The van der Waals surface area contributed by atoms with Gasteiger partial charge in [0.25, 0.3) is 0 Å². The third kappa shape index (κ3) is 3.22. The topological polar surface area (TPSA) is 66.8 Å². The van der Waals surface area contributed by atoms with Crippen molar-refractivity contribution in [3.8, 4) is 5.75 Å². The number of methoxy groups -OCH3 is 1. The molecule has 2 rings (SSSR count). The fourth-order valence-electron chi connectivity index (χ4n) is 2.87. The smallest absolute Gasteiger partial charge is 0.243 e. The van der Waals surface area contributed by atoms with Crippen LogP contribution in [0.1, 0.15) is 38.2 Å². The molecule has 1 heterocycles. The minimum Gasteiger partial charge on any atom is -0.496 e. The van der Waals surface area contributed by atoms with Crippen LogP contribution in [0.4, 0.5) is 0 Å². The number of sulfonamides is 1. The van der Waals surface area contributed by atoms with Gasteiger partial charge >= 0.3 is 0 Å². The molecule has 1 atom stereocenters. The second-order valence-corrected chi connectivity index (χ2v) is 7.20. The molecule has 0 radical (unpaired) electrons. The molecule has 0 spiro atoms. The lowest BCUT2D eigenvalue weighted by Crippen LogP contribution is -2.43. The molecule has 1 N–H and O–H groups in total. The lowest BCUT2D eigenvalue weighted by molar-refractivity contribution is 0.246. The Kier molecular flexibility index (Phi) is 5.24. The first-order valence-electron chi connectivity index (χ1n) is 7.34. The molecule has 6 heteroatoms. The van der Waals surface area contributed by atoms with Crippen molar-refractivity contribution >= 4 is 10.0 Å². The molecule has 1 saturated heterocycles. The highest BCUT2D eigenvalue weighted by molar-refractivity contribution is 7.89. The monoisotopic (exact) mass is 313 g/mol. The Labute approximate surface area is 126 Å². The molecular weight excluding hydrogens is 290 g/mol. The Morgan fingerprint density at radius 3 is 2.76 bits per heavy atom. The average Bonchev–Trinajstić information content (AvgIpc) is 2.53. The molecule has 21 heavy (non-hydrogen) atoms. The maximum absolute atomic E-state index is 12.8. The van der Waals surface area contributed by atoms with Crippen LogP contribution in [-0.2, 0) is 16.6 Å². The van der Waals surface area contributed by atoms with Crippen LogP contribution in [0, 0.1) is 0 Å². The van der Waals surface area contributed by atoms with E-state index in [2.05, 4.69) is 0 Å². The molecule has 1 fully saturated rings. The predicted octanol–water partition coefficient (Wildman–Crippen LogP) is 2.14. The van der Waals surface area contributed by atoms with Crippen LogP contribution in [-0.4, -0.2) is 37.5 Å². The predicted molar refractivity (Wildman–Crippen MR) is 80.7 cm³/mol. The first kappa shape index (κ1) is 16.3. The minimum absolute atomic E-state index is 0.0726. The molecule has 0 amide bonds. The summed E-state index contributed by atoms with van der Waals surface area (Å²) in [5.41, 5.74) is 0.489. The maximum Gasteiger partial charge on any atom is 0.243 e. The maximum atomic E-state index is 12.8. The lowest BCUT2D eigenvalue weighted by atomic mass is 10.0. The fourth-order valence-corrected chi connectivity index (χ4v) is 4.69. The van der Waals surface area contributed by atoms with Gasteiger partial charge < -0.3 is 9.84 Å². The van der Waals surface area contributed by atoms with Crippen molar-refractivity contribution in [3.05, 3.63) is 23.8 Å². The molecule has 118 valence electrons. The van der Waals surface area contributed by atoms with Gasteiger partial charge in [0.05, 0.1) is 18.6 Å². The molecule has 1 aromatic carbocycles. The van der Waals surface area contributed by atoms with Crippen molar-refractivity contribution in [2.75, 3.05) is 13.7 Å². The van der Waals surface area contributed by atoms with Crippen molar-refractivity contribution < 1.29 is 18.3 Å². The van der Waals surface area contributed by atoms with E-state index in [9.17, 15) is 13.5 Å². The van der Waals surface area contributed by atoms with E-state index in [1.807, 2.05) is 6.92 Å². The summed E-state index contributed by atoms with van der Waals surface area (Å²) in [6.07, 6.45) is 3.72. The van der Waals surface area contributed by atoms with E-state index >= 15 is 0 Å². The summed E-state index contributed by atoms with van der Waals surface area (Å²) in [7, 11) is -2.01. The summed E-state index contributed by atoms with van der Waals surface area (Å²) in [4.78, 5) is 0.229. The van der Waals surface area contributed by atoms with Gasteiger partial charge in [-0.3, -0.25) is 0 Å². The van der Waals surface area contributed by atoms with Crippen LogP contribution in [0.15, 0.2) is 23.1 Å². The molecule has 0 bridgehead atoms. The number of nitrogens with zero attached hydrogens (tertiary/aromatic N) is 1. The van der Waals surface area contributed by atoms with Crippen LogP contribution in [0.3, 0.4) is 0 Å². The van der Waals surface area contributed by atoms with Crippen LogP contribution in [0.2, 0.25) is 0 Å². The standard InChI is InChI=1S/C15H23NO4S/c1-3-13-6-4-5-9-16(13)21(18,19)14-7-8-15(20-2)12(10-14)11-17/h7-8,10,13,17H,3-6,9,11H2,1-2H3. The molecular formula is C15H23NO4S. The van der Waals surface area contributed by atoms with E-state index in [0.717, 1.165) is 25.7 Å². The second-order valence-electron chi connectivity index (χ2n) is 5.31. The third-order valence-corrected chi connectivity index (χ3v) is 6.02. The molecule has 1 aliphatic heterocycles. The van der Waals surface area contributed by atoms with E-state index < -0.39 is 10.0 Å². The average molecular weight is 313 g/mol. The number of benzene rings is 1. The zero-order chi connectivity index (χ0) is 15.5. The number of hydrogen-bond acceptors (Lipinski definition) is 4. The second kappa shape index (κ2) is 6.77. The largest absolute Gasteiger partial charge is 0.496 e. The van der Waals surface area contributed by atoms with E-state index in [1.54, 1.807) is 16.4 Å². The highest BCUT2D eigenvalue weighted by Gasteiger charge is 2.32. The van der Waals surface area contributed by atoms with Crippen LogP contribution < -0.4 is 4.74 Å². The van der Waals surface area contributed by atoms with Crippen LogP contribution in [0.5, 0.6) is 5.75 Å². The Morgan fingerprint density at radius 1 is 1.38 bits per heavy atom. The summed E-state index contributed by atoms with van der Waals surface area (Å²) in [6, 6.07) is 4.73. The summed E-state index contributed by atoms with van der Waals surface area (Å²) in [5.74, 6) is 0.502. The first-order chi connectivity index (χ1) is 10.0. The van der Waals surface area contributed by atoms with Crippen molar-refractivity contribution in [2.24, 2.45) is 0 Å². The van der Waals surface area contributed by atoms with Crippen molar-refractivity contribution in [3.63, 3.8) is 0 Å². The van der Waals surface area contributed by atoms with Gasteiger partial charge in [-0.15, -0.1) is 0 Å². The Hall–Kier alpha value is -1.11. The van der Waals surface area contributed by atoms with Gasteiger partial charge in [0.15, 0.2) is 0 Å². The number of ether oxygens (including phenoxy) is 1. The zero-order valence-electron chi connectivity index (χ0n) is 12.6. The van der Waals surface area contributed by atoms with E-state index in [0.29, 0.717) is 17.9 Å². The molecule has 1 aliphatic rings. The number of aliphatic hydroxyl groups excluding tert-OH is 1. The van der Waals surface area contributed by atoms with Gasteiger partial charge in [-0.1, -0.05) is 13.3 Å². The van der Waals surface area contributed by atoms with Gasteiger partial charge in [0, 0.05) is 18.2 Å². The zero-order valence-corrected chi connectivity index (χ0v) is 13.4. The normalized spacial score (nSPS) is 20.4. The number of aliphatic hydroxyl groups is 1. The summed E-state index contributed by atoms with van der Waals surface area (Å²) < 4.78 is 32.4. The quantitative estimate of drug-likeness (QED) is 0.904. The van der Waals surface area contributed by atoms with E-state index in [1.165, 1.54) is 13.2 Å². The lowest BCUT2D eigenvalue weighted by Gasteiger charge is -2.34. The molecule has 0 aromatic heterocycles. The SMILES string of the molecule is CCC1CCCCN1S(=O)(=O)c1ccc(OC)c(CO)c1. The van der Waals surface area contributed by atoms with Crippen LogP contribution >= 0.6 is 0 Å². The fraction of sp³-hybridized carbons (Fsp3) is 0.600. The number of hydrogen-bond donors (Lipinski definition) is 1. The van der Waals surface area contributed by atoms with Gasteiger partial charge in [0.2, 0.25) is 10.0 Å². The molecule has 0 saturated carbocycles. The number of rotatable bonds is 5. The molecule has 5 nitrogen and oxygen atoms in total. The molecule has 1 aromatic rings. The third-order valence-electron chi connectivity index (χ3n) is 4.07. The molecule has 1 unspecified atom stereocenters. The van der Waals surface area contributed by atoms with Gasteiger partial charge in [0.1, 0.15) is 5.75 Å². The van der Waals surface area contributed by atoms with E-state index in [-0.39, 0.29) is 17.5 Å². The summed E-state index contributed by atoms with van der Waals surface area (Å²) in [5, 5.41) is 9.36. The van der Waals surface area contributed by atoms with Crippen molar-refractivity contribution in [1.82, 2.24) is 4.31 Å². The molecule has 0 aliphatic carbocycles. The Morgan fingerprint density at radius 2 is 2.14 bits per heavy atom. The highest BCUT2D eigenvalue weighted by Crippen LogP contribution is 2.29. The highest BCUT2D eigenvalue weighted by atomic mass is 32.2. The Bertz CT molecular complexity index is 585. The minimum atomic E-state index is -3.51. The van der Waals surface area contributed by atoms with Crippen LogP contribution in [0.25, 0.3) is 0 Å². The first-order valence-corrected chi connectivity index (χ1v) is 8.78. The summed E-state index contributed by atoms with van der Waals surface area (Å²) in [6.45, 7) is 2.34. The summed E-state index contributed by atoms with van der Waals surface area (Å²) >= 11 is 0.